The van der Waals surface area contributed by atoms with E-state index in [1.165, 1.54) is 38.5 Å². The van der Waals surface area contributed by atoms with Crippen LogP contribution in [0.1, 0.15) is 129 Å². The summed E-state index contributed by atoms with van der Waals surface area (Å²) in [5.41, 5.74) is 0. The van der Waals surface area contributed by atoms with Crippen LogP contribution in [0.15, 0.2) is 60.8 Å². The molecule has 9 nitrogen and oxygen atoms in total. The summed E-state index contributed by atoms with van der Waals surface area (Å²) in [6.07, 6.45) is 37.2. The van der Waals surface area contributed by atoms with Crippen LogP contribution in [0.5, 0.6) is 0 Å². The summed E-state index contributed by atoms with van der Waals surface area (Å²) in [4.78, 5) is 35.1. The average Bonchev–Trinajstić information content (AvgIpc) is 3.06. The molecule has 0 fully saturated rings. The molecule has 0 radical (unpaired) electrons. The minimum Gasteiger partial charge on any atom is -0.462 e. The molecule has 2 atom stereocenters. The molecule has 0 bridgehead atoms. The first-order valence-electron chi connectivity index (χ1n) is 19.0. The number of nitrogens with zero attached hydrogens (tertiary/aromatic N) is 1. The van der Waals surface area contributed by atoms with Crippen molar-refractivity contribution in [2.75, 3.05) is 47.5 Å². The van der Waals surface area contributed by atoms with Crippen molar-refractivity contribution in [3.63, 3.8) is 0 Å². The molecule has 0 aliphatic heterocycles. The number of rotatable bonds is 33. The third kappa shape index (κ3) is 35.5. The van der Waals surface area contributed by atoms with Crippen LogP contribution < -0.4 is 0 Å². The lowest BCUT2D eigenvalue weighted by molar-refractivity contribution is -0.870. The van der Waals surface area contributed by atoms with E-state index in [0.717, 1.165) is 51.4 Å². The van der Waals surface area contributed by atoms with Crippen LogP contribution in [0.4, 0.5) is 0 Å². The van der Waals surface area contributed by atoms with Crippen molar-refractivity contribution in [3.05, 3.63) is 60.8 Å². The third-order valence-corrected chi connectivity index (χ3v) is 8.59. The Labute approximate surface area is 305 Å². The Morgan fingerprint density at radius 1 is 0.660 bits per heavy atom. The van der Waals surface area contributed by atoms with E-state index in [1.54, 1.807) is 0 Å². The van der Waals surface area contributed by atoms with E-state index in [1.807, 2.05) is 51.5 Å². The molecule has 50 heavy (non-hydrogen) atoms. The number of unbranched alkanes of at least 4 members (excludes halogenated alkanes) is 11. The second-order valence-electron chi connectivity index (χ2n) is 13.6. The summed E-state index contributed by atoms with van der Waals surface area (Å²) < 4.78 is 34.0. The lowest BCUT2D eigenvalue weighted by Gasteiger charge is -2.24. The molecule has 2 unspecified atom stereocenters. The lowest BCUT2D eigenvalue weighted by atomic mass is 10.1. The smallest absolute Gasteiger partial charge is 0.462 e. The summed E-state index contributed by atoms with van der Waals surface area (Å²) >= 11 is 0. The van der Waals surface area contributed by atoms with Crippen LogP contribution >= 0.6 is 7.82 Å². The van der Waals surface area contributed by atoms with Crippen LogP contribution in [-0.2, 0) is 32.7 Å². The predicted molar refractivity (Wildman–Crippen MR) is 206 cm³/mol. The fourth-order valence-corrected chi connectivity index (χ4v) is 5.34. The van der Waals surface area contributed by atoms with Crippen LogP contribution in [0.2, 0.25) is 0 Å². The van der Waals surface area contributed by atoms with Gasteiger partial charge in [-0.1, -0.05) is 126 Å². The molecule has 0 aliphatic carbocycles. The molecule has 0 aromatic heterocycles. The van der Waals surface area contributed by atoms with Gasteiger partial charge in [0.1, 0.15) is 19.8 Å². The molecule has 288 valence electrons. The van der Waals surface area contributed by atoms with Gasteiger partial charge in [0.15, 0.2) is 6.10 Å². The van der Waals surface area contributed by atoms with Gasteiger partial charge in [-0.3, -0.25) is 18.6 Å². The summed E-state index contributed by atoms with van der Waals surface area (Å²) in [5, 5.41) is 0. The second-order valence-corrected chi connectivity index (χ2v) is 15.1. The largest absolute Gasteiger partial charge is 0.472 e. The van der Waals surface area contributed by atoms with Crippen molar-refractivity contribution in [2.45, 2.75) is 136 Å². The molecule has 0 spiro atoms. The van der Waals surface area contributed by atoms with E-state index in [-0.39, 0.29) is 26.1 Å². The molecule has 0 rings (SSSR count). The second kappa shape index (κ2) is 32.6. The van der Waals surface area contributed by atoms with E-state index in [9.17, 15) is 19.0 Å². The topological polar surface area (TPSA) is 108 Å². The third-order valence-electron chi connectivity index (χ3n) is 7.61. The van der Waals surface area contributed by atoms with Crippen LogP contribution in [0.3, 0.4) is 0 Å². The first kappa shape index (κ1) is 47.7. The Hall–Kier alpha value is -2.29. The standard InChI is InChI=1S/C40H70NO8P/c1-6-8-10-12-14-16-18-20-22-24-26-28-30-32-39(42)46-36-38(37-48-50(44,45)47-35-34-41(3,4)5)49-40(43)33-31-29-27-25-23-21-19-17-15-13-11-9-7-2/h8,10,12,14,16,18,21,23,27,29,38H,6-7,9,11,13,15,17,19-20,22,24-26,28,30-37H2,1-5H3/p+1/b10-8+,14-12+,18-16+,23-21+,29-27+. The van der Waals surface area contributed by atoms with E-state index < -0.39 is 32.5 Å². The summed E-state index contributed by atoms with van der Waals surface area (Å²) in [5.74, 6) is -0.910. The van der Waals surface area contributed by atoms with Gasteiger partial charge in [-0.25, -0.2) is 4.57 Å². The molecule has 10 heteroatoms. The van der Waals surface area contributed by atoms with Crippen LogP contribution in [-0.4, -0.2) is 74.9 Å². The molecule has 0 aromatic carbocycles. The highest BCUT2D eigenvalue weighted by Gasteiger charge is 2.27. The quantitative estimate of drug-likeness (QED) is 0.0178. The highest BCUT2D eigenvalue weighted by atomic mass is 31.2. The fourth-order valence-electron chi connectivity index (χ4n) is 4.59. The number of likely N-dealkylation sites (N-methyl/N-ethyl adjacent to an activating group) is 1. The van der Waals surface area contributed by atoms with Gasteiger partial charge in [0.05, 0.1) is 27.7 Å². The Morgan fingerprint density at radius 2 is 1.26 bits per heavy atom. The molecule has 1 N–H and O–H groups in total. The van der Waals surface area contributed by atoms with Gasteiger partial charge in [-0.05, 0) is 51.4 Å². The van der Waals surface area contributed by atoms with E-state index in [2.05, 4.69) is 44.2 Å². The summed E-state index contributed by atoms with van der Waals surface area (Å²) in [6.45, 7) is 4.15. The Morgan fingerprint density at radius 3 is 1.92 bits per heavy atom. The Kier molecular flexibility index (Phi) is 31.1. The van der Waals surface area contributed by atoms with Gasteiger partial charge in [0, 0.05) is 12.8 Å². The molecule has 0 amide bonds. The number of hydrogen-bond acceptors (Lipinski definition) is 7. The van der Waals surface area contributed by atoms with Crippen LogP contribution in [0.25, 0.3) is 0 Å². The fraction of sp³-hybridized carbons (Fsp3) is 0.700. The number of esters is 2. The summed E-state index contributed by atoms with van der Waals surface area (Å²) in [7, 11) is 1.42. The van der Waals surface area contributed by atoms with Gasteiger partial charge < -0.3 is 18.9 Å². The molecule has 0 aromatic rings. The number of carbonyl (C=O) groups excluding carboxylic acids is 2. The first-order chi connectivity index (χ1) is 24.0. The van der Waals surface area contributed by atoms with Crippen molar-refractivity contribution in [2.24, 2.45) is 0 Å². The number of ether oxygens (including phenoxy) is 2. The molecule has 0 aliphatic rings. The number of quaternary nitrogens is 1. The minimum absolute atomic E-state index is 0.0161. The molecular weight excluding hydrogens is 653 g/mol. The number of carbonyl (C=O) groups is 2. The lowest BCUT2D eigenvalue weighted by Crippen LogP contribution is -2.37. The molecule has 0 heterocycles. The number of phosphoric ester groups is 1. The van der Waals surface area contributed by atoms with Gasteiger partial charge in [-0.2, -0.15) is 0 Å². The van der Waals surface area contributed by atoms with Crippen molar-refractivity contribution >= 4 is 19.8 Å². The summed E-state index contributed by atoms with van der Waals surface area (Å²) in [6, 6.07) is 0. The highest BCUT2D eigenvalue weighted by Crippen LogP contribution is 2.43. The maximum Gasteiger partial charge on any atom is 0.472 e. The van der Waals surface area contributed by atoms with Gasteiger partial charge in [0.25, 0.3) is 0 Å². The van der Waals surface area contributed by atoms with Crippen molar-refractivity contribution in [3.8, 4) is 0 Å². The number of phosphoric acid groups is 1. The first-order valence-corrected chi connectivity index (χ1v) is 20.5. The molecule has 0 saturated heterocycles. The minimum atomic E-state index is -4.39. The van der Waals surface area contributed by atoms with Gasteiger partial charge in [0.2, 0.25) is 0 Å². The van der Waals surface area contributed by atoms with E-state index in [4.69, 9.17) is 18.5 Å². The zero-order valence-corrected chi connectivity index (χ0v) is 33.0. The van der Waals surface area contributed by atoms with Gasteiger partial charge in [-0.15, -0.1) is 0 Å². The van der Waals surface area contributed by atoms with Crippen molar-refractivity contribution in [1.29, 1.82) is 0 Å². The normalized spacial score (nSPS) is 14.4. The highest BCUT2D eigenvalue weighted by molar-refractivity contribution is 7.47. The zero-order chi connectivity index (χ0) is 37.2. The maximum atomic E-state index is 12.6. The van der Waals surface area contributed by atoms with E-state index >= 15 is 0 Å². The van der Waals surface area contributed by atoms with Gasteiger partial charge >= 0.3 is 19.8 Å². The molecule has 0 saturated carbocycles. The average molecular weight is 725 g/mol. The van der Waals surface area contributed by atoms with Crippen LogP contribution in [0, 0.1) is 0 Å². The maximum absolute atomic E-state index is 12.6. The Bertz CT molecular complexity index is 1040. The monoisotopic (exact) mass is 724 g/mol. The van der Waals surface area contributed by atoms with E-state index in [0.29, 0.717) is 23.9 Å². The zero-order valence-electron chi connectivity index (χ0n) is 32.1. The molecular formula is C40H71NO8P+. The number of allylic oxidation sites excluding steroid dienone is 10. The number of hydrogen-bond donors (Lipinski definition) is 1. The van der Waals surface area contributed by atoms with Crippen molar-refractivity contribution < 1.29 is 42.1 Å². The Balaban J connectivity index is 4.57. The van der Waals surface area contributed by atoms with Crippen molar-refractivity contribution in [1.82, 2.24) is 0 Å². The SMILES string of the molecule is CC/C=C/C=C/C=C/CCCCCCCC(=O)OCC(COP(=O)(O)OCC[N+](C)(C)C)OC(=O)CC/C=C/C/C=C/CCCCCCCC. The predicted octanol–water partition coefficient (Wildman–Crippen LogP) is 10.1.